The number of para-hydroxylation sites is 1. The highest BCUT2D eigenvalue weighted by atomic mass is 16.1. The number of nitrogens with zero attached hydrogens (tertiary/aromatic N) is 1. The van der Waals surface area contributed by atoms with Gasteiger partial charge in [-0.15, -0.1) is 0 Å². The van der Waals surface area contributed by atoms with Crippen molar-refractivity contribution in [3.05, 3.63) is 53.9 Å². The standard InChI is InChI=1S/C13H14N4O/c14-12-10(13(15)18)5-3-6-11(12)17-8-9-4-1-2-7-16-9/h1-7,17H,8,14H2,(H2,15,18). The number of carbonyl (C=O) groups is 1. The molecule has 0 radical (unpaired) electrons. The van der Waals surface area contributed by atoms with Gasteiger partial charge in [0.2, 0.25) is 0 Å². The van der Waals surface area contributed by atoms with Gasteiger partial charge >= 0.3 is 0 Å². The van der Waals surface area contributed by atoms with Crippen LogP contribution in [0.1, 0.15) is 16.1 Å². The fraction of sp³-hybridized carbons (Fsp3) is 0.0769. The van der Waals surface area contributed by atoms with Gasteiger partial charge in [-0.05, 0) is 24.3 Å². The SMILES string of the molecule is NC(=O)c1cccc(NCc2ccccn2)c1N. The monoisotopic (exact) mass is 242 g/mol. The van der Waals surface area contributed by atoms with Crippen molar-refractivity contribution in [1.29, 1.82) is 0 Å². The summed E-state index contributed by atoms with van der Waals surface area (Å²) < 4.78 is 0. The van der Waals surface area contributed by atoms with E-state index in [-0.39, 0.29) is 0 Å². The fourth-order valence-electron chi connectivity index (χ4n) is 1.62. The number of primary amides is 1. The lowest BCUT2D eigenvalue weighted by Crippen LogP contribution is -2.15. The molecule has 0 saturated carbocycles. The Bertz CT molecular complexity index is 554. The van der Waals surface area contributed by atoms with Gasteiger partial charge in [0.25, 0.3) is 5.91 Å². The summed E-state index contributed by atoms with van der Waals surface area (Å²) in [4.78, 5) is 15.3. The quantitative estimate of drug-likeness (QED) is 0.706. The number of anilines is 2. The predicted molar refractivity (Wildman–Crippen MR) is 70.9 cm³/mol. The van der Waals surface area contributed by atoms with E-state index in [0.717, 1.165) is 5.69 Å². The highest BCUT2D eigenvalue weighted by Gasteiger charge is 2.08. The minimum atomic E-state index is -0.533. The molecule has 5 heteroatoms. The minimum Gasteiger partial charge on any atom is -0.396 e. The summed E-state index contributed by atoms with van der Waals surface area (Å²) in [6.45, 7) is 0.535. The Kier molecular flexibility index (Phi) is 3.43. The minimum absolute atomic E-state index is 0.320. The average Bonchev–Trinajstić information content (AvgIpc) is 2.38. The molecule has 0 saturated heterocycles. The van der Waals surface area contributed by atoms with E-state index in [1.165, 1.54) is 0 Å². The van der Waals surface area contributed by atoms with Crippen LogP contribution < -0.4 is 16.8 Å². The summed E-state index contributed by atoms with van der Waals surface area (Å²) >= 11 is 0. The molecule has 0 fully saturated rings. The van der Waals surface area contributed by atoms with E-state index < -0.39 is 5.91 Å². The second-order valence-corrected chi connectivity index (χ2v) is 3.81. The molecule has 2 rings (SSSR count). The van der Waals surface area contributed by atoms with E-state index in [1.807, 2.05) is 18.2 Å². The Morgan fingerprint density at radius 3 is 2.72 bits per heavy atom. The summed E-state index contributed by atoms with van der Waals surface area (Å²) in [6, 6.07) is 10.8. The first kappa shape index (κ1) is 11.9. The van der Waals surface area contributed by atoms with E-state index in [2.05, 4.69) is 10.3 Å². The molecule has 0 aliphatic rings. The van der Waals surface area contributed by atoms with Crippen molar-refractivity contribution in [1.82, 2.24) is 4.98 Å². The third-order valence-electron chi connectivity index (χ3n) is 2.56. The van der Waals surface area contributed by atoms with Gasteiger partial charge in [0.15, 0.2) is 0 Å². The smallest absolute Gasteiger partial charge is 0.250 e. The van der Waals surface area contributed by atoms with Crippen LogP contribution in [0.2, 0.25) is 0 Å². The number of nitrogen functional groups attached to an aromatic ring is 1. The van der Waals surface area contributed by atoms with Gasteiger partial charge in [0, 0.05) is 6.20 Å². The maximum atomic E-state index is 11.2. The second-order valence-electron chi connectivity index (χ2n) is 3.81. The van der Waals surface area contributed by atoms with Gasteiger partial charge in [-0.25, -0.2) is 0 Å². The molecule has 1 aromatic carbocycles. The van der Waals surface area contributed by atoms with Gasteiger partial charge in [-0.3, -0.25) is 9.78 Å². The zero-order valence-corrected chi connectivity index (χ0v) is 9.76. The molecule has 1 amide bonds. The molecule has 5 N–H and O–H groups in total. The molecule has 18 heavy (non-hydrogen) atoms. The van der Waals surface area contributed by atoms with Gasteiger partial charge in [0.1, 0.15) is 0 Å². The molecule has 0 atom stereocenters. The summed E-state index contributed by atoms with van der Waals surface area (Å²) in [6.07, 6.45) is 1.72. The number of hydrogen-bond acceptors (Lipinski definition) is 4. The van der Waals surface area contributed by atoms with E-state index in [9.17, 15) is 4.79 Å². The summed E-state index contributed by atoms with van der Waals surface area (Å²) in [5, 5.41) is 3.13. The first-order valence-corrected chi connectivity index (χ1v) is 5.50. The summed E-state index contributed by atoms with van der Waals surface area (Å²) in [7, 11) is 0. The van der Waals surface area contributed by atoms with Crippen LogP contribution in [-0.4, -0.2) is 10.9 Å². The highest BCUT2D eigenvalue weighted by molar-refractivity contribution is 6.00. The molecule has 0 aliphatic heterocycles. The normalized spacial score (nSPS) is 10.0. The third-order valence-corrected chi connectivity index (χ3v) is 2.56. The van der Waals surface area contributed by atoms with Gasteiger partial charge in [0.05, 0.1) is 29.2 Å². The Labute approximate surface area is 105 Å². The van der Waals surface area contributed by atoms with Crippen LogP contribution >= 0.6 is 0 Å². The van der Waals surface area contributed by atoms with E-state index in [0.29, 0.717) is 23.5 Å². The van der Waals surface area contributed by atoms with Gasteiger partial charge in [-0.2, -0.15) is 0 Å². The maximum Gasteiger partial charge on any atom is 0.250 e. The second kappa shape index (κ2) is 5.18. The number of amides is 1. The Morgan fingerprint density at radius 1 is 1.22 bits per heavy atom. The molecule has 1 heterocycles. The number of pyridine rings is 1. The van der Waals surface area contributed by atoms with Crippen molar-refractivity contribution < 1.29 is 4.79 Å². The Hall–Kier alpha value is -2.56. The molecule has 0 bridgehead atoms. The first-order chi connectivity index (χ1) is 8.68. The molecule has 92 valence electrons. The topological polar surface area (TPSA) is 94.0 Å². The number of rotatable bonds is 4. The Morgan fingerprint density at radius 2 is 2.06 bits per heavy atom. The summed E-state index contributed by atoms with van der Waals surface area (Å²) in [5.41, 5.74) is 13.3. The van der Waals surface area contributed by atoms with Crippen molar-refractivity contribution in [2.75, 3.05) is 11.1 Å². The molecule has 0 unspecified atom stereocenters. The van der Waals surface area contributed by atoms with Crippen molar-refractivity contribution >= 4 is 17.3 Å². The molecule has 5 nitrogen and oxygen atoms in total. The zero-order valence-electron chi connectivity index (χ0n) is 9.76. The van der Waals surface area contributed by atoms with Crippen LogP contribution in [0.15, 0.2) is 42.6 Å². The van der Waals surface area contributed by atoms with Crippen LogP contribution in [0.4, 0.5) is 11.4 Å². The average molecular weight is 242 g/mol. The van der Waals surface area contributed by atoms with E-state index >= 15 is 0 Å². The number of carbonyl (C=O) groups excluding carboxylic acids is 1. The fourth-order valence-corrected chi connectivity index (χ4v) is 1.62. The molecule has 0 spiro atoms. The van der Waals surface area contributed by atoms with E-state index in [1.54, 1.807) is 24.4 Å². The molecule has 2 aromatic rings. The van der Waals surface area contributed by atoms with E-state index in [4.69, 9.17) is 11.5 Å². The first-order valence-electron chi connectivity index (χ1n) is 5.50. The van der Waals surface area contributed by atoms with Crippen molar-refractivity contribution in [2.45, 2.75) is 6.54 Å². The number of benzene rings is 1. The molecular formula is C13H14N4O. The van der Waals surface area contributed by atoms with Crippen molar-refractivity contribution in [3.8, 4) is 0 Å². The Balaban J connectivity index is 2.15. The van der Waals surface area contributed by atoms with Crippen LogP contribution in [0, 0.1) is 0 Å². The van der Waals surface area contributed by atoms with Crippen molar-refractivity contribution in [2.24, 2.45) is 5.73 Å². The lowest BCUT2D eigenvalue weighted by molar-refractivity contribution is 0.100. The van der Waals surface area contributed by atoms with Crippen LogP contribution in [0.3, 0.4) is 0 Å². The van der Waals surface area contributed by atoms with Gasteiger partial charge < -0.3 is 16.8 Å². The molecule has 0 aliphatic carbocycles. The third kappa shape index (κ3) is 2.57. The number of aromatic nitrogens is 1. The maximum absolute atomic E-state index is 11.2. The van der Waals surface area contributed by atoms with Crippen molar-refractivity contribution in [3.63, 3.8) is 0 Å². The largest absolute Gasteiger partial charge is 0.396 e. The summed E-state index contributed by atoms with van der Waals surface area (Å²) in [5.74, 6) is -0.533. The number of nitrogens with two attached hydrogens (primary N) is 2. The number of hydrogen-bond donors (Lipinski definition) is 3. The number of nitrogens with one attached hydrogen (secondary N) is 1. The highest BCUT2D eigenvalue weighted by Crippen LogP contribution is 2.22. The van der Waals surface area contributed by atoms with Crippen LogP contribution in [0.5, 0.6) is 0 Å². The lowest BCUT2D eigenvalue weighted by Gasteiger charge is -2.11. The molecule has 1 aromatic heterocycles. The van der Waals surface area contributed by atoms with Gasteiger partial charge in [-0.1, -0.05) is 12.1 Å². The zero-order chi connectivity index (χ0) is 13.0. The predicted octanol–water partition coefficient (Wildman–Crippen LogP) is 1.37. The molecular weight excluding hydrogens is 228 g/mol. The lowest BCUT2D eigenvalue weighted by atomic mass is 10.1. The van der Waals surface area contributed by atoms with Crippen LogP contribution in [0.25, 0.3) is 0 Å². The van der Waals surface area contributed by atoms with Crippen LogP contribution in [-0.2, 0) is 6.54 Å².